The molecule has 0 bridgehead atoms. The first kappa shape index (κ1) is 23.0. The van der Waals surface area contributed by atoms with E-state index in [2.05, 4.69) is 21.2 Å². The maximum atomic E-state index is 13.5. The van der Waals surface area contributed by atoms with E-state index >= 15 is 0 Å². The molecule has 1 N–H and O–H groups in total. The number of methoxy groups -OCH3 is 2. The fourth-order valence-corrected chi connectivity index (χ4v) is 4.49. The standard InChI is InChI=1S/C26H28ClN3O3/c1-32-23-13-12-20(18-21(23)27)28-26(31)25(19-8-4-3-5-9-19)30-16-14-29(15-17-30)22-10-6-7-11-24(22)33-2/h3-13,18,25H,14-17H2,1-2H3,(H,28,31). The fourth-order valence-electron chi connectivity index (χ4n) is 4.23. The van der Waals surface area contributed by atoms with E-state index in [1.807, 2.05) is 48.5 Å². The molecular formula is C26H28ClN3O3. The van der Waals surface area contributed by atoms with Crippen LogP contribution in [0.3, 0.4) is 0 Å². The van der Waals surface area contributed by atoms with Gasteiger partial charge in [0.2, 0.25) is 5.91 Å². The Labute approximate surface area is 199 Å². The van der Waals surface area contributed by atoms with Crippen LogP contribution in [-0.4, -0.2) is 51.2 Å². The van der Waals surface area contributed by atoms with Crippen molar-refractivity contribution in [3.8, 4) is 11.5 Å². The summed E-state index contributed by atoms with van der Waals surface area (Å²) in [6.45, 7) is 3.08. The monoisotopic (exact) mass is 465 g/mol. The third kappa shape index (κ3) is 5.24. The van der Waals surface area contributed by atoms with Crippen molar-refractivity contribution in [2.24, 2.45) is 0 Å². The molecule has 0 radical (unpaired) electrons. The molecule has 1 heterocycles. The summed E-state index contributed by atoms with van der Waals surface area (Å²) in [6, 6.07) is 22.8. The second kappa shape index (κ2) is 10.6. The number of hydrogen-bond donors (Lipinski definition) is 1. The molecule has 33 heavy (non-hydrogen) atoms. The van der Waals surface area contributed by atoms with Gasteiger partial charge in [0.15, 0.2) is 0 Å². The van der Waals surface area contributed by atoms with Crippen LogP contribution in [0.2, 0.25) is 5.02 Å². The van der Waals surface area contributed by atoms with E-state index in [0.717, 1.165) is 43.2 Å². The van der Waals surface area contributed by atoms with Crippen LogP contribution < -0.4 is 19.7 Å². The van der Waals surface area contributed by atoms with Gasteiger partial charge in [0.1, 0.15) is 17.5 Å². The van der Waals surface area contributed by atoms with Crippen molar-refractivity contribution >= 4 is 28.9 Å². The Morgan fingerprint density at radius 1 is 0.879 bits per heavy atom. The van der Waals surface area contributed by atoms with E-state index in [4.69, 9.17) is 21.1 Å². The summed E-state index contributed by atoms with van der Waals surface area (Å²) in [5.41, 5.74) is 2.67. The normalized spacial score (nSPS) is 15.1. The molecule has 1 amide bonds. The molecule has 0 saturated carbocycles. The van der Waals surface area contributed by atoms with Gasteiger partial charge in [-0.25, -0.2) is 0 Å². The number of halogens is 1. The number of ether oxygens (including phenoxy) is 2. The zero-order valence-electron chi connectivity index (χ0n) is 18.8. The van der Waals surface area contributed by atoms with Gasteiger partial charge >= 0.3 is 0 Å². The van der Waals surface area contributed by atoms with Crippen molar-refractivity contribution in [3.63, 3.8) is 0 Å². The van der Waals surface area contributed by atoms with Crippen LogP contribution in [-0.2, 0) is 4.79 Å². The van der Waals surface area contributed by atoms with Crippen LogP contribution in [0.1, 0.15) is 11.6 Å². The summed E-state index contributed by atoms with van der Waals surface area (Å²) in [7, 11) is 3.26. The topological polar surface area (TPSA) is 54.0 Å². The Morgan fingerprint density at radius 3 is 2.21 bits per heavy atom. The first-order valence-corrected chi connectivity index (χ1v) is 11.3. The number of carbonyl (C=O) groups excluding carboxylic acids is 1. The van der Waals surface area contributed by atoms with Crippen LogP contribution >= 0.6 is 11.6 Å². The predicted octanol–water partition coefficient (Wildman–Crippen LogP) is 4.86. The van der Waals surface area contributed by atoms with E-state index in [1.165, 1.54) is 0 Å². The van der Waals surface area contributed by atoms with E-state index in [9.17, 15) is 4.79 Å². The third-order valence-corrected chi connectivity index (χ3v) is 6.18. The van der Waals surface area contributed by atoms with Crippen LogP contribution in [0, 0.1) is 0 Å². The minimum absolute atomic E-state index is 0.0897. The number of carbonyl (C=O) groups is 1. The molecule has 1 fully saturated rings. The average molecular weight is 466 g/mol. The summed E-state index contributed by atoms with van der Waals surface area (Å²) in [5.74, 6) is 1.34. The molecule has 1 aliphatic heterocycles. The second-order valence-electron chi connectivity index (χ2n) is 7.85. The number of anilines is 2. The molecule has 1 aliphatic rings. The zero-order chi connectivity index (χ0) is 23.2. The maximum absolute atomic E-state index is 13.5. The molecule has 172 valence electrons. The number of amides is 1. The molecule has 3 aromatic rings. The molecule has 3 aromatic carbocycles. The van der Waals surface area contributed by atoms with Gasteiger partial charge in [0.05, 0.1) is 24.9 Å². The van der Waals surface area contributed by atoms with Crippen LogP contribution in [0.15, 0.2) is 72.8 Å². The van der Waals surface area contributed by atoms with Gasteiger partial charge in [-0.15, -0.1) is 0 Å². The summed E-state index contributed by atoms with van der Waals surface area (Å²) in [6.07, 6.45) is 0. The molecule has 0 aliphatic carbocycles. The lowest BCUT2D eigenvalue weighted by Gasteiger charge is -2.40. The smallest absolute Gasteiger partial charge is 0.246 e. The van der Waals surface area contributed by atoms with Gasteiger partial charge in [0.25, 0.3) is 0 Å². The number of benzene rings is 3. The summed E-state index contributed by atoms with van der Waals surface area (Å²) < 4.78 is 10.7. The molecule has 1 atom stereocenters. The number of rotatable bonds is 7. The lowest BCUT2D eigenvalue weighted by Crippen LogP contribution is -2.50. The molecule has 7 heteroatoms. The molecule has 1 unspecified atom stereocenters. The van der Waals surface area contributed by atoms with Gasteiger partial charge < -0.3 is 19.7 Å². The number of piperazine rings is 1. The van der Waals surface area contributed by atoms with E-state index in [1.54, 1.807) is 32.4 Å². The first-order valence-electron chi connectivity index (χ1n) is 10.9. The molecule has 4 rings (SSSR count). The number of para-hydroxylation sites is 2. The average Bonchev–Trinajstić information content (AvgIpc) is 2.85. The van der Waals surface area contributed by atoms with Gasteiger partial charge in [-0.05, 0) is 35.9 Å². The molecule has 1 saturated heterocycles. The van der Waals surface area contributed by atoms with Crippen molar-refractivity contribution in [2.45, 2.75) is 6.04 Å². The summed E-state index contributed by atoms with van der Waals surface area (Å²) in [5, 5.41) is 3.49. The highest BCUT2D eigenvalue weighted by molar-refractivity contribution is 6.32. The number of nitrogens with zero attached hydrogens (tertiary/aromatic N) is 2. The van der Waals surface area contributed by atoms with Crippen molar-refractivity contribution in [2.75, 3.05) is 50.6 Å². The van der Waals surface area contributed by atoms with Crippen molar-refractivity contribution in [1.82, 2.24) is 4.90 Å². The highest BCUT2D eigenvalue weighted by atomic mass is 35.5. The Bertz CT molecular complexity index is 1090. The molecule has 0 aromatic heterocycles. The second-order valence-corrected chi connectivity index (χ2v) is 8.25. The summed E-state index contributed by atoms with van der Waals surface area (Å²) in [4.78, 5) is 18.0. The van der Waals surface area contributed by atoms with Gasteiger partial charge in [0, 0.05) is 31.9 Å². The highest BCUT2D eigenvalue weighted by Crippen LogP contribution is 2.32. The Hall–Kier alpha value is -3.22. The van der Waals surface area contributed by atoms with Gasteiger partial charge in [-0.3, -0.25) is 9.69 Å². The van der Waals surface area contributed by atoms with Gasteiger partial charge in [-0.1, -0.05) is 54.1 Å². The van der Waals surface area contributed by atoms with Crippen LogP contribution in [0.4, 0.5) is 11.4 Å². The lowest BCUT2D eigenvalue weighted by atomic mass is 10.0. The number of nitrogens with one attached hydrogen (secondary N) is 1. The number of hydrogen-bond acceptors (Lipinski definition) is 5. The van der Waals surface area contributed by atoms with Crippen molar-refractivity contribution in [3.05, 3.63) is 83.4 Å². The SMILES string of the molecule is COc1ccc(NC(=O)C(c2ccccc2)N2CCN(c3ccccc3OC)CC2)cc1Cl. The zero-order valence-corrected chi connectivity index (χ0v) is 19.6. The quantitative estimate of drug-likeness (QED) is 0.540. The Kier molecular flexibility index (Phi) is 7.37. The minimum Gasteiger partial charge on any atom is -0.495 e. The fraction of sp³-hybridized carbons (Fsp3) is 0.269. The third-order valence-electron chi connectivity index (χ3n) is 5.89. The maximum Gasteiger partial charge on any atom is 0.246 e. The lowest BCUT2D eigenvalue weighted by molar-refractivity contribution is -0.121. The van der Waals surface area contributed by atoms with Crippen LogP contribution in [0.5, 0.6) is 11.5 Å². The van der Waals surface area contributed by atoms with E-state index in [0.29, 0.717) is 16.5 Å². The molecule has 6 nitrogen and oxygen atoms in total. The first-order chi connectivity index (χ1) is 16.1. The van der Waals surface area contributed by atoms with E-state index in [-0.39, 0.29) is 5.91 Å². The predicted molar refractivity (Wildman–Crippen MR) is 133 cm³/mol. The minimum atomic E-state index is -0.410. The Balaban J connectivity index is 1.52. The van der Waals surface area contributed by atoms with E-state index < -0.39 is 6.04 Å². The van der Waals surface area contributed by atoms with Gasteiger partial charge in [-0.2, -0.15) is 0 Å². The van der Waals surface area contributed by atoms with Crippen molar-refractivity contribution < 1.29 is 14.3 Å². The summed E-state index contributed by atoms with van der Waals surface area (Å²) >= 11 is 6.25. The highest BCUT2D eigenvalue weighted by Gasteiger charge is 2.31. The largest absolute Gasteiger partial charge is 0.495 e. The Morgan fingerprint density at radius 2 is 1.55 bits per heavy atom. The van der Waals surface area contributed by atoms with Crippen LogP contribution in [0.25, 0.3) is 0 Å². The molecular weight excluding hydrogens is 438 g/mol. The van der Waals surface area contributed by atoms with Crippen molar-refractivity contribution in [1.29, 1.82) is 0 Å². The molecule has 0 spiro atoms.